The van der Waals surface area contributed by atoms with Crippen molar-refractivity contribution in [3.63, 3.8) is 0 Å². The summed E-state index contributed by atoms with van der Waals surface area (Å²) in [4.78, 5) is 111. The van der Waals surface area contributed by atoms with Crippen LogP contribution < -0.4 is 0 Å². The molecule has 0 N–H and O–H groups in total. The molecule has 40 nitrogen and oxygen atoms in total. The Morgan fingerprint density at radius 1 is 0.371 bits per heavy atom. The van der Waals surface area contributed by atoms with Crippen LogP contribution in [0.4, 0.5) is 0 Å². The van der Waals surface area contributed by atoms with Crippen LogP contribution in [0.25, 0.3) is 0 Å². The van der Waals surface area contributed by atoms with Crippen molar-refractivity contribution >= 4 is 41.5 Å². The van der Waals surface area contributed by atoms with Crippen molar-refractivity contribution in [2.45, 2.75) is 397 Å². The van der Waals surface area contributed by atoms with Crippen molar-refractivity contribution in [1.82, 2.24) is 19.6 Å². The zero-order valence-corrected chi connectivity index (χ0v) is 92.5. The van der Waals surface area contributed by atoms with E-state index in [1.54, 1.807) is 33.3 Å². The van der Waals surface area contributed by atoms with E-state index < -0.39 is 232 Å². The van der Waals surface area contributed by atoms with Gasteiger partial charge in [0.1, 0.15) is 105 Å². The highest BCUT2D eigenvalue weighted by atomic mass is 16.8. The lowest BCUT2D eigenvalue weighted by atomic mass is 9.85. The Morgan fingerprint density at radius 2 is 0.748 bits per heavy atom. The largest absolute Gasteiger partial charge is 0.465 e. The molecule has 4 rings (SSSR count). The van der Waals surface area contributed by atoms with Crippen molar-refractivity contribution in [3.8, 4) is 0 Å². The highest BCUT2D eigenvalue weighted by Crippen LogP contribution is 2.47. The van der Waals surface area contributed by atoms with E-state index in [2.05, 4.69) is 20.8 Å². The molecule has 4 aliphatic heterocycles. The monoisotopic (exact) mass is 2060 g/mol. The number of ether oxygens (including phenoxy) is 29. The summed E-state index contributed by atoms with van der Waals surface area (Å²) in [5.74, 6) is -13.0. The third-order valence-corrected chi connectivity index (χ3v) is 29.3. The zero-order valence-electron chi connectivity index (χ0n) is 92.5. The van der Waals surface area contributed by atoms with Gasteiger partial charge in [0, 0.05) is 182 Å². The molecule has 143 heavy (non-hydrogen) atoms. The number of hydrogen-bond donors (Lipinski definition) is 0. The minimum Gasteiger partial charge on any atom is -0.465 e. The van der Waals surface area contributed by atoms with Crippen molar-refractivity contribution in [1.29, 1.82) is 0 Å². The van der Waals surface area contributed by atoms with Crippen LogP contribution in [0.3, 0.4) is 0 Å². The molecule has 0 aromatic carbocycles. The number of nitrogens with zero attached hydrogens (tertiary/aromatic N) is 4. The van der Waals surface area contributed by atoms with Gasteiger partial charge in [-0.05, 0) is 18.8 Å². The second-order valence-corrected chi connectivity index (χ2v) is 38.3. The van der Waals surface area contributed by atoms with Gasteiger partial charge in [0.2, 0.25) is 17.7 Å². The Morgan fingerprint density at radius 3 is 1.12 bits per heavy atom. The molecule has 4 heterocycles. The average molecular weight is 2060 g/mol. The maximum Gasteiger partial charge on any atom is 0.366 e. The molecule has 0 aromatic rings. The van der Waals surface area contributed by atoms with Crippen LogP contribution in [0.2, 0.25) is 0 Å². The van der Waals surface area contributed by atoms with Gasteiger partial charge in [-0.3, -0.25) is 19.2 Å². The minimum absolute atomic E-state index is 0.0624. The topological polar surface area (TPSA) is 400 Å². The molecule has 838 valence electrons. The molecule has 0 bridgehead atoms. The van der Waals surface area contributed by atoms with E-state index in [1.165, 1.54) is 271 Å². The summed E-state index contributed by atoms with van der Waals surface area (Å²) in [5.41, 5.74) is 0. The molecule has 40 heteroatoms. The first-order valence-electron chi connectivity index (χ1n) is 51.7. The molecule has 9 unspecified atom stereocenters. The van der Waals surface area contributed by atoms with Gasteiger partial charge in [-0.2, -0.15) is 0 Å². The second kappa shape index (κ2) is 71.1. The number of hydrogen-bond acceptors (Lipinski definition) is 36. The van der Waals surface area contributed by atoms with Crippen molar-refractivity contribution in [2.24, 2.45) is 5.92 Å². The molecule has 4 fully saturated rings. The Hall–Kier alpha value is -4.75. The number of likely N-dealkylation sites (N-methyl/N-ethyl adjacent to an activating group) is 4. The molecule has 0 spiro atoms. The van der Waals surface area contributed by atoms with Crippen LogP contribution in [-0.2, 0) is 171 Å². The number of unbranched alkanes of at least 4 members (excludes halogenated alkanes) is 23. The summed E-state index contributed by atoms with van der Waals surface area (Å²) >= 11 is 0. The van der Waals surface area contributed by atoms with Crippen molar-refractivity contribution in [3.05, 3.63) is 0 Å². The SMILES string of the molecule is CCCCCCCCCCCCCCCCCCCCC(OC)C(=O)N(C)C(COC1O[C@H](COC2(C(=O)OC)C[C@H](OC3(C(=O)OC)C[C@H](OC)[C@@H](N(C)C(=O)COC4(C(=O)OC)C[C@H](OC)[C@@H](N(C)C(=O)COC)[C@H]([C@H](OC)[C@@H](COC)OC)O4)[C@H]([C@H](OC)[C@@H](COC)OC)O3)[C@@H](N(C)C(C)=O)[C@H]([C@H](OC)[C@@H](COC)OC)O2)[C@@H](OC)[C@H](OC)[C@H]1OC)C(OC)C(CCCCCCCCCC(C)CC)OC. The number of carbonyl (C=O) groups excluding carboxylic acids is 7. The Bertz CT molecular complexity index is 3440. The standard InChI is InChI=1S/C103H190N4O36/c1-30-32-33-34-35-36-37-38-39-40-41-42-43-44-45-48-52-55-58-73(120-14)96(111)105(6)71(86(126-20)72(119-13)57-54-51-49-46-47-50-53-56-69(3)31-2)62-136-97-95(132-26)94(131-25)90(130-24)80(139-97)66-137-102(99(113)134-28)61-76(85(104(5)70(4)108)93(142-102)89(129-23)79(125-19)65-117-11)140-103(100(114)135-29)60-75(122-16)84(92(143-103)88(128-22)78(124-18)64-116-10)107(8)82(110)68-138-101(98(112)133-27)59-74(121-15)83(106(7)81(109)67-118-12)91(141-101)87(127-21)77(123-17)63-115-9/h69,71-80,83-95,97H,30-68H2,1-29H3/t69?,71?,72?,73?,74-,75-,76-,77+,78+,79+,80+,83+,84+,85+,86?,87+,88+,89+,90+,91+,92+,93+,94-,95+,97?,101?,102?,103?/m0/s1. The molecule has 4 saturated heterocycles. The van der Waals surface area contributed by atoms with Gasteiger partial charge in [0.15, 0.2) is 6.29 Å². The highest BCUT2D eigenvalue weighted by molar-refractivity contribution is 5.83. The number of amides is 4. The lowest BCUT2D eigenvalue weighted by molar-refractivity contribution is -0.375. The van der Waals surface area contributed by atoms with Crippen LogP contribution in [-0.4, -0.2) is 449 Å². The first-order chi connectivity index (χ1) is 68.8. The summed E-state index contributed by atoms with van der Waals surface area (Å²) in [6.45, 7) is 5.46. The maximum atomic E-state index is 15.8. The lowest BCUT2D eigenvalue weighted by Gasteiger charge is -2.55. The predicted octanol–water partition coefficient (Wildman–Crippen LogP) is 10.2. The van der Waals surface area contributed by atoms with Gasteiger partial charge < -0.3 is 157 Å². The Labute approximate surface area is 854 Å². The summed E-state index contributed by atoms with van der Waals surface area (Å²) < 4.78 is 183. The predicted molar refractivity (Wildman–Crippen MR) is 529 cm³/mol. The van der Waals surface area contributed by atoms with Gasteiger partial charge in [0.25, 0.3) is 23.3 Å². The van der Waals surface area contributed by atoms with Crippen molar-refractivity contribution in [2.75, 3.05) is 224 Å². The molecule has 0 aliphatic carbocycles. The fourth-order valence-corrected chi connectivity index (χ4v) is 20.7. The summed E-state index contributed by atoms with van der Waals surface area (Å²) in [7, 11) is 35.0. The van der Waals surface area contributed by atoms with Gasteiger partial charge in [0.05, 0.1) is 103 Å². The van der Waals surface area contributed by atoms with E-state index in [0.29, 0.717) is 12.8 Å². The molecular formula is C103H190N4O36. The van der Waals surface area contributed by atoms with E-state index in [1.807, 2.05) is 0 Å². The Kier molecular flexibility index (Phi) is 64.9. The molecule has 0 aromatic heterocycles. The second-order valence-electron chi connectivity index (χ2n) is 38.3. The van der Waals surface area contributed by atoms with Gasteiger partial charge >= 0.3 is 17.9 Å². The van der Waals surface area contributed by atoms with E-state index in [4.69, 9.17) is 137 Å². The molecular weight excluding hydrogens is 1870 g/mol. The number of rotatable bonds is 79. The Balaban J connectivity index is 1.92. The highest BCUT2D eigenvalue weighted by Gasteiger charge is 2.66. The minimum atomic E-state index is -2.77. The van der Waals surface area contributed by atoms with Crippen LogP contribution in [0.1, 0.15) is 233 Å². The third kappa shape index (κ3) is 37.9. The third-order valence-electron chi connectivity index (χ3n) is 29.3. The molecule has 0 radical (unpaired) electrons. The maximum absolute atomic E-state index is 15.8. The summed E-state index contributed by atoms with van der Waals surface area (Å²) in [6, 6.07) is -4.76. The van der Waals surface area contributed by atoms with E-state index in [0.717, 1.165) is 78.6 Å². The average Bonchev–Trinajstić information content (AvgIpc) is 0.734. The molecule has 4 aliphatic rings. The van der Waals surface area contributed by atoms with Gasteiger partial charge in [-0.1, -0.05) is 194 Å². The lowest BCUT2D eigenvalue weighted by Crippen LogP contribution is -2.73. The summed E-state index contributed by atoms with van der Waals surface area (Å²) in [6.07, 6.45) is 7.45. The fourth-order valence-electron chi connectivity index (χ4n) is 20.7. The van der Waals surface area contributed by atoms with Crippen LogP contribution >= 0.6 is 0 Å². The first-order valence-corrected chi connectivity index (χ1v) is 51.7. The van der Waals surface area contributed by atoms with E-state index >= 15 is 19.2 Å². The normalized spacial score (nSPS) is 27.1. The van der Waals surface area contributed by atoms with E-state index in [-0.39, 0.29) is 38.9 Å². The smallest absolute Gasteiger partial charge is 0.366 e. The first kappa shape index (κ1) is 131. The number of esters is 3. The van der Waals surface area contributed by atoms with Crippen LogP contribution in [0.15, 0.2) is 0 Å². The zero-order chi connectivity index (χ0) is 106. The number of carbonyl (C=O) groups is 7. The van der Waals surface area contributed by atoms with Crippen molar-refractivity contribution < 1.29 is 171 Å². The molecule has 28 atom stereocenters. The van der Waals surface area contributed by atoms with Gasteiger partial charge in [-0.15, -0.1) is 0 Å². The van der Waals surface area contributed by atoms with Gasteiger partial charge in [-0.25, -0.2) is 14.4 Å². The molecule has 4 amide bonds. The molecule has 0 saturated carbocycles. The number of methoxy groups -OCH3 is 21. The summed E-state index contributed by atoms with van der Waals surface area (Å²) in [5, 5.41) is 0. The van der Waals surface area contributed by atoms with Crippen LogP contribution in [0, 0.1) is 5.92 Å². The van der Waals surface area contributed by atoms with Crippen LogP contribution in [0.5, 0.6) is 0 Å². The van der Waals surface area contributed by atoms with E-state index in [9.17, 15) is 14.4 Å². The fraction of sp³-hybridized carbons (Fsp3) is 0.932. The quantitative estimate of drug-likeness (QED) is 0.0310.